The molecular weight excluding hydrogens is 291 g/mol. The molecule has 19 heavy (non-hydrogen) atoms. The van der Waals surface area contributed by atoms with Gasteiger partial charge in [-0.1, -0.05) is 11.6 Å². The molecule has 0 aliphatic rings. The fourth-order valence-electron chi connectivity index (χ4n) is 1.28. The Kier molecular flexibility index (Phi) is 9.34. The van der Waals surface area contributed by atoms with Crippen molar-refractivity contribution >= 4 is 35.6 Å². The summed E-state index contributed by atoms with van der Waals surface area (Å²) in [4.78, 5) is 11.3. The van der Waals surface area contributed by atoms with Crippen LogP contribution >= 0.6 is 24.0 Å². The topological polar surface area (TPSA) is 73.6 Å². The Labute approximate surface area is 123 Å². The van der Waals surface area contributed by atoms with Crippen LogP contribution < -0.4 is 15.8 Å². The van der Waals surface area contributed by atoms with Gasteiger partial charge in [-0.05, 0) is 25.1 Å². The van der Waals surface area contributed by atoms with E-state index in [0.717, 1.165) is 0 Å². The number of anilines is 1. The van der Waals surface area contributed by atoms with Gasteiger partial charge < -0.3 is 20.5 Å². The minimum absolute atomic E-state index is 0. The minimum Gasteiger partial charge on any atom is -0.489 e. The zero-order valence-corrected chi connectivity index (χ0v) is 12.2. The number of nitrogens with one attached hydrogen (secondary N) is 1. The van der Waals surface area contributed by atoms with Gasteiger partial charge in [0, 0.05) is 11.6 Å². The molecule has 0 heterocycles. The van der Waals surface area contributed by atoms with Gasteiger partial charge in [-0.2, -0.15) is 0 Å². The van der Waals surface area contributed by atoms with Crippen molar-refractivity contribution in [1.29, 1.82) is 0 Å². The van der Waals surface area contributed by atoms with Gasteiger partial charge in [0.15, 0.2) is 0 Å². The third kappa shape index (κ3) is 6.63. The summed E-state index contributed by atoms with van der Waals surface area (Å²) in [6.07, 6.45) is 0. The fraction of sp³-hybridized carbons (Fsp3) is 0.417. The van der Waals surface area contributed by atoms with E-state index in [-0.39, 0.29) is 24.9 Å². The Balaban J connectivity index is 0.00000324. The number of halogens is 2. The predicted octanol–water partition coefficient (Wildman–Crippen LogP) is 2.07. The quantitative estimate of drug-likeness (QED) is 0.756. The second-order valence-corrected chi connectivity index (χ2v) is 3.87. The van der Waals surface area contributed by atoms with E-state index in [0.29, 0.717) is 36.3 Å². The number of benzene rings is 1. The Hall–Kier alpha value is -1.01. The molecule has 0 spiro atoms. The standard InChI is InChI=1S/C12H17ClN2O3.ClH/c1-2-17-5-6-18-11-4-3-9(13)7-10(11)15-12(16)8-14;/h3-4,7H,2,5-6,8,14H2,1H3,(H,15,16);1H. The Bertz CT molecular complexity index is 403. The second kappa shape index (κ2) is 9.86. The van der Waals surface area contributed by atoms with Crippen molar-refractivity contribution < 1.29 is 14.3 Å². The van der Waals surface area contributed by atoms with Crippen molar-refractivity contribution in [3.8, 4) is 5.75 Å². The van der Waals surface area contributed by atoms with Crippen LogP contribution in [0.5, 0.6) is 5.75 Å². The lowest BCUT2D eigenvalue weighted by molar-refractivity contribution is -0.114. The molecule has 0 fully saturated rings. The predicted molar refractivity (Wildman–Crippen MR) is 78.4 cm³/mol. The number of hydrogen-bond donors (Lipinski definition) is 2. The summed E-state index contributed by atoms with van der Waals surface area (Å²) in [5, 5.41) is 3.14. The van der Waals surface area contributed by atoms with Crippen molar-refractivity contribution in [2.75, 3.05) is 31.7 Å². The number of carbonyl (C=O) groups is 1. The maximum absolute atomic E-state index is 11.3. The molecule has 1 amide bonds. The minimum atomic E-state index is -0.299. The van der Waals surface area contributed by atoms with Crippen LogP contribution in [0.1, 0.15) is 6.92 Å². The monoisotopic (exact) mass is 308 g/mol. The number of rotatable bonds is 7. The van der Waals surface area contributed by atoms with Gasteiger partial charge in [0.2, 0.25) is 5.91 Å². The van der Waals surface area contributed by atoms with E-state index in [2.05, 4.69) is 5.32 Å². The molecule has 5 nitrogen and oxygen atoms in total. The van der Waals surface area contributed by atoms with Gasteiger partial charge in [-0.25, -0.2) is 0 Å². The first-order chi connectivity index (χ1) is 8.67. The fourth-order valence-corrected chi connectivity index (χ4v) is 1.45. The van der Waals surface area contributed by atoms with Crippen LogP contribution in [0.3, 0.4) is 0 Å². The molecule has 7 heteroatoms. The Morgan fingerprint density at radius 3 is 2.79 bits per heavy atom. The van der Waals surface area contributed by atoms with Crippen LogP contribution in [0.2, 0.25) is 5.02 Å². The number of ether oxygens (including phenoxy) is 2. The van der Waals surface area contributed by atoms with Crippen LogP contribution in [0, 0.1) is 0 Å². The smallest absolute Gasteiger partial charge is 0.238 e. The largest absolute Gasteiger partial charge is 0.489 e. The highest BCUT2D eigenvalue weighted by atomic mass is 35.5. The summed E-state index contributed by atoms with van der Waals surface area (Å²) in [5.74, 6) is 0.243. The number of amides is 1. The van der Waals surface area contributed by atoms with Gasteiger partial charge in [0.05, 0.1) is 18.8 Å². The van der Waals surface area contributed by atoms with E-state index in [1.54, 1.807) is 18.2 Å². The van der Waals surface area contributed by atoms with E-state index < -0.39 is 0 Å². The lowest BCUT2D eigenvalue weighted by atomic mass is 10.3. The molecule has 1 aromatic carbocycles. The van der Waals surface area contributed by atoms with E-state index in [1.807, 2.05) is 6.92 Å². The first-order valence-electron chi connectivity index (χ1n) is 5.67. The van der Waals surface area contributed by atoms with Gasteiger partial charge in [-0.15, -0.1) is 12.4 Å². The molecule has 0 aromatic heterocycles. The van der Waals surface area contributed by atoms with E-state index in [4.69, 9.17) is 26.8 Å². The van der Waals surface area contributed by atoms with Crippen molar-refractivity contribution in [2.45, 2.75) is 6.92 Å². The molecule has 1 aromatic rings. The number of carbonyl (C=O) groups excluding carboxylic acids is 1. The molecule has 0 unspecified atom stereocenters. The zero-order valence-electron chi connectivity index (χ0n) is 10.6. The van der Waals surface area contributed by atoms with Crippen molar-refractivity contribution in [3.05, 3.63) is 23.2 Å². The number of nitrogens with two attached hydrogens (primary N) is 1. The summed E-state index contributed by atoms with van der Waals surface area (Å²) in [7, 11) is 0. The van der Waals surface area contributed by atoms with Crippen molar-refractivity contribution in [3.63, 3.8) is 0 Å². The maximum atomic E-state index is 11.3. The summed E-state index contributed by atoms with van der Waals surface area (Å²) < 4.78 is 10.7. The highest BCUT2D eigenvalue weighted by Crippen LogP contribution is 2.27. The molecular formula is C12H18Cl2N2O3. The lowest BCUT2D eigenvalue weighted by Gasteiger charge is -2.12. The molecule has 3 N–H and O–H groups in total. The summed E-state index contributed by atoms with van der Waals surface area (Å²) in [6, 6.07) is 5.00. The second-order valence-electron chi connectivity index (χ2n) is 3.44. The van der Waals surface area contributed by atoms with Crippen LogP contribution in [0.25, 0.3) is 0 Å². The summed E-state index contributed by atoms with van der Waals surface area (Å²) in [6.45, 7) is 3.35. The molecule has 0 radical (unpaired) electrons. The third-order valence-corrected chi connectivity index (χ3v) is 2.33. The van der Waals surface area contributed by atoms with Gasteiger partial charge >= 0.3 is 0 Å². The zero-order chi connectivity index (χ0) is 13.4. The molecule has 0 aliphatic heterocycles. The van der Waals surface area contributed by atoms with E-state index >= 15 is 0 Å². The molecule has 0 bridgehead atoms. The number of hydrogen-bond acceptors (Lipinski definition) is 4. The van der Waals surface area contributed by atoms with Crippen molar-refractivity contribution in [2.24, 2.45) is 5.73 Å². The highest BCUT2D eigenvalue weighted by Gasteiger charge is 2.07. The Morgan fingerprint density at radius 1 is 1.42 bits per heavy atom. The summed E-state index contributed by atoms with van der Waals surface area (Å²) >= 11 is 5.86. The van der Waals surface area contributed by atoms with Crippen LogP contribution in [-0.2, 0) is 9.53 Å². The SMILES string of the molecule is CCOCCOc1ccc(Cl)cc1NC(=O)CN.Cl. The van der Waals surface area contributed by atoms with Gasteiger partial charge in [-0.3, -0.25) is 4.79 Å². The average Bonchev–Trinajstić information content (AvgIpc) is 2.36. The molecule has 0 saturated carbocycles. The van der Waals surface area contributed by atoms with Gasteiger partial charge in [0.1, 0.15) is 12.4 Å². The van der Waals surface area contributed by atoms with E-state index in [1.165, 1.54) is 0 Å². The molecule has 0 atom stereocenters. The first kappa shape index (κ1) is 18.0. The normalized spacial score (nSPS) is 9.63. The van der Waals surface area contributed by atoms with Crippen LogP contribution in [0.4, 0.5) is 5.69 Å². The average molecular weight is 309 g/mol. The Morgan fingerprint density at radius 2 is 2.16 bits per heavy atom. The summed E-state index contributed by atoms with van der Waals surface area (Å²) in [5.41, 5.74) is 5.75. The van der Waals surface area contributed by atoms with Crippen molar-refractivity contribution in [1.82, 2.24) is 0 Å². The molecule has 108 valence electrons. The van der Waals surface area contributed by atoms with Crippen LogP contribution in [-0.4, -0.2) is 32.3 Å². The van der Waals surface area contributed by atoms with Crippen LogP contribution in [0.15, 0.2) is 18.2 Å². The molecule has 0 saturated heterocycles. The molecule has 1 rings (SSSR count). The molecule has 0 aliphatic carbocycles. The van der Waals surface area contributed by atoms with Gasteiger partial charge in [0.25, 0.3) is 0 Å². The third-order valence-electron chi connectivity index (χ3n) is 2.09. The highest BCUT2D eigenvalue weighted by molar-refractivity contribution is 6.31. The first-order valence-corrected chi connectivity index (χ1v) is 6.05. The lowest BCUT2D eigenvalue weighted by Crippen LogP contribution is -2.22. The maximum Gasteiger partial charge on any atom is 0.238 e. The van der Waals surface area contributed by atoms with E-state index in [9.17, 15) is 4.79 Å².